The van der Waals surface area contributed by atoms with Crippen LogP contribution in [0.3, 0.4) is 0 Å². The van der Waals surface area contributed by atoms with E-state index in [1.165, 1.54) is 0 Å². The van der Waals surface area contributed by atoms with Gasteiger partial charge in [0.25, 0.3) is 5.69 Å². The van der Waals surface area contributed by atoms with E-state index >= 15 is 0 Å². The normalized spacial score (nSPS) is 10.6. The summed E-state index contributed by atoms with van der Waals surface area (Å²) in [6.07, 6.45) is 2.41. The third kappa shape index (κ3) is 1.52. The van der Waals surface area contributed by atoms with E-state index < -0.39 is 0 Å². The number of nitrogens with zero attached hydrogens (tertiary/aromatic N) is 2. The van der Waals surface area contributed by atoms with Crippen LogP contribution in [0, 0.1) is 17.0 Å². The molecular formula is C12H12N2O2. The molecule has 0 saturated carbocycles. The van der Waals surface area contributed by atoms with Crippen molar-refractivity contribution in [1.29, 1.82) is 0 Å². The number of rotatable bonds is 2. The zero-order chi connectivity index (χ0) is 11.7. The van der Waals surface area contributed by atoms with Gasteiger partial charge in [0.15, 0.2) is 0 Å². The molecular weight excluding hydrogens is 204 g/mol. The second-order valence-corrected chi connectivity index (χ2v) is 3.69. The van der Waals surface area contributed by atoms with Gasteiger partial charge in [0, 0.05) is 22.8 Å². The summed E-state index contributed by atoms with van der Waals surface area (Å²) in [5, 5.41) is 12.6. The number of nitro benzene ring substituents is 1. The monoisotopic (exact) mass is 216 g/mol. The molecule has 0 bridgehead atoms. The number of hydrogen-bond donors (Lipinski definition) is 0. The summed E-state index contributed by atoms with van der Waals surface area (Å²) < 4.78 is 0. The van der Waals surface area contributed by atoms with Crippen molar-refractivity contribution < 1.29 is 4.92 Å². The summed E-state index contributed by atoms with van der Waals surface area (Å²) in [5.41, 5.74) is 1.78. The van der Waals surface area contributed by atoms with E-state index in [9.17, 15) is 10.1 Å². The molecule has 1 heterocycles. The Kier molecular flexibility index (Phi) is 2.56. The number of pyridine rings is 1. The molecule has 0 saturated heterocycles. The van der Waals surface area contributed by atoms with Crippen molar-refractivity contribution in [3.8, 4) is 0 Å². The zero-order valence-electron chi connectivity index (χ0n) is 9.23. The van der Waals surface area contributed by atoms with Crippen molar-refractivity contribution in [1.82, 2.24) is 4.98 Å². The Morgan fingerprint density at radius 3 is 2.69 bits per heavy atom. The maximum absolute atomic E-state index is 11.0. The molecule has 0 aliphatic rings. The molecule has 0 N–H and O–H groups in total. The van der Waals surface area contributed by atoms with Crippen molar-refractivity contribution in [2.75, 3.05) is 0 Å². The SMILES string of the molecule is CCc1nccc2c([N+](=O)[O-])c(C)ccc12. The molecule has 2 aromatic rings. The van der Waals surface area contributed by atoms with Crippen LogP contribution in [0.1, 0.15) is 18.2 Å². The lowest BCUT2D eigenvalue weighted by Gasteiger charge is -2.05. The summed E-state index contributed by atoms with van der Waals surface area (Å²) in [5.74, 6) is 0. The first-order valence-electron chi connectivity index (χ1n) is 5.16. The molecule has 0 unspecified atom stereocenters. The van der Waals surface area contributed by atoms with Gasteiger partial charge >= 0.3 is 0 Å². The number of benzene rings is 1. The van der Waals surface area contributed by atoms with Crippen LogP contribution in [0.15, 0.2) is 24.4 Å². The molecule has 1 aromatic carbocycles. The van der Waals surface area contributed by atoms with Crippen LogP contribution in [0.5, 0.6) is 0 Å². The fraction of sp³-hybridized carbons (Fsp3) is 0.250. The van der Waals surface area contributed by atoms with Crippen LogP contribution in [0.25, 0.3) is 10.8 Å². The highest BCUT2D eigenvalue weighted by molar-refractivity contribution is 5.93. The van der Waals surface area contributed by atoms with E-state index in [1.807, 2.05) is 13.0 Å². The summed E-state index contributed by atoms with van der Waals surface area (Å²) in [6, 6.07) is 5.39. The van der Waals surface area contributed by atoms with Gasteiger partial charge in [-0.15, -0.1) is 0 Å². The van der Waals surface area contributed by atoms with Crippen LogP contribution < -0.4 is 0 Å². The molecule has 0 spiro atoms. The molecule has 4 heteroatoms. The second-order valence-electron chi connectivity index (χ2n) is 3.69. The van der Waals surface area contributed by atoms with Crippen LogP contribution >= 0.6 is 0 Å². The molecule has 4 nitrogen and oxygen atoms in total. The van der Waals surface area contributed by atoms with Gasteiger partial charge in [-0.2, -0.15) is 0 Å². The molecule has 1 aromatic heterocycles. The van der Waals surface area contributed by atoms with E-state index in [0.717, 1.165) is 17.5 Å². The quantitative estimate of drug-likeness (QED) is 0.572. The lowest BCUT2D eigenvalue weighted by Crippen LogP contribution is -1.96. The van der Waals surface area contributed by atoms with Crippen molar-refractivity contribution in [3.63, 3.8) is 0 Å². The van der Waals surface area contributed by atoms with Gasteiger partial charge in [0.2, 0.25) is 0 Å². The third-order valence-electron chi connectivity index (χ3n) is 2.72. The van der Waals surface area contributed by atoms with Gasteiger partial charge in [-0.1, -0.05) is 19.1 Å². The summed E-state index contributed by atoms with van der Waals surface area (Å²) >= 11 is 0. The number of aromatic nitrogens is 1. The highest BCUT2D eigenvalue weighted by Crippen LogP contribution is 2.30. The Balaban J connectivity index is 2.89. The van der Waals surface area contributed by atoms with E-state index in [0.29, 0.717) is 10.9 Å². The smallest absolute Gasteiger partial charge is 0.261 e. The van der Waals surface area contributed by atoms with Gasteiger partial charge < -0.3 is 0 Å². The Bertz CT molecular complexity index is 564. The fourth-order valence-electron chi connectivity index (χ4n) is 1.93. The Morgan fingerprint density at radius 1 is 1.31 bits per heavy atom. The lowest BCUT2D eigenvalue weighted by molar-refractivity contribution is -0.383. The second kappa shape index (κ2) is 3.89. The lowest BCUT2D eigenvalue weighted by atomic mass is 10.0. The maximum atomic E-state index is 11.0. The average Bonchev–Trinajstić information content (AvgIpc) is 2.27. The Hall–Kier alpha value is -1.97. The first-order chi connectivity index (χ1) is 7.65. The molecule has 0 radical (unpaired) electrons. The van der Waals surface area contributed by atoms with Crippen LogP contribution in [-0.4, -0.2) is 9.91 Å². The fourth-order valence-corrected chi connectivity index (χ4v) is 1.93. The number of fused-ring (bicyclic) bond motifs is 1. The van der Waals surface area contributed by atoms with Crippen molar-refractivity contribution in [2.24, 2.45) is 0 Å². The molecule has 2 rings (SSSR count). The molecule has 0 amide bonds. The minimum Gasteiger partial charge on any atom is -0.261 e. The van der Waals surface area contributed by atoms with Gasteiger partial charge in [-0.25, -0.2) is 0 Å². The van der Waals surface area contributed by atoms with E-state index in [1.54, 1.807) is 25.3 Å². The predicted octanol–water partition coefficient (Wildman–Crippen LogP) is 3.01. The maximum Gasteiger partial charge on any atom is 0.280 e. The van der Waals surface area contributed by atoms with E-state index in [4.69, 9.17) is 0 Å². The molecule has 0 fully saturated rings. The summed E-state index contributed by atoms with van der Waals surface area (Å²) in [4.78, 5) is 14.9. The number of aryl methyl sites for hydroxylation is 2. The summed E-state index contributed by atoms with van der Waals surface area (Å²) in [7, 11) is 0. The van der Waals surface area contributed by atoms with Crippen molar-refractivity contribution in [2.45, 2.75) is 20.3 Å². The third-order valence-corrected chi connectivity index (χ3v) is 2.72. The largest absolute Gasteiger partial charge is 0.280 e. The molecule has 0 atom stereocenters. The van der Waals surface area contributed by atoms with Crippen molar-refractivity contribution in [3.05, 3.63) is 45.8 Å². The van der Waals surface area contributed by atoms with E-state index in [-0.39, 0.29) is 10.6 Å². The molecule has 0 aliphatic heterocycles. The van der Waals surface area contributed by atoms with Gasteiger partial charge in [0.1, 0.15) is 0 Å². The Morgan fingerprint density at radius 2 is 2.06 bits per heavy atom. The zero-order valence-corrected chi connectivity index (χ0v) is 9.23. The van der Waals surface area contributed by atoms with Gasteiger partial charge in [0.05, 0.1) is 10.3 Å². The molecule has 82 valence electrons. The summed E-state index contributed by atoms with van der Waals surface area (Å²) in [6.45, 7) is 3.75. The highest BCUT2D eigenvalue weighted by Gasteiger charge is 2.16. The average molecular weight is 216 g/mol. The standard InChI is InChI=1S/C12H12N2O2/c1-3-11-9-5-4-8(2)12(14(15)16)10(9)6-7-13-11/h4-7H,3H2,1-2H3. The molecule has 16 heavy (non-hydrogen) atoms. The molecule has 0 aliphatic carbocycles. The van der Waals surface area contributed by atoms with Crippen LogP contribution in [0.2, 0.25) is 0 Å². The minimum atomic E-state index is -0.322. The van der Waals surface area contributed by atoms with Crippen LogP contribution in [0.4, 0.5) is 5.69 Å². The number of hydrogen-bond acceptors (Lipinski definition) is 3. The highest BCUT2D eigenvalue weighted by atomic mass is 16.6. The van der Waals surface area contributed by atoms with E-state index in [2.05, 4.69) is 4.98 Å². The van der Waals surface area contributed by atoms with Gasteiger partial charge in [-0.3, -0.25) is 15.1 Å². The number of nitro groups is 1. The minimum absolute atomic E-state index is 0.189. The topological polar surface area (TPSA) is 56.0 Å². The Labute approximate surface area is 93.1 Å². The first-order valence-corrected chi connectivity index (χ1v) is 5.16. The van der Waals surface area contributed by atoms with Crippen molar-refractivity contribution >= 4 is 16.5 Å². The first kappa shape index (κ1) is 10.5. The predicted molar refractivity (Wildman–Crippen MR) is 62.5 cm³/mol. The van der Waals surface area contributed by atoms with Crippen LogP contribution in [-0.2, 0) is 6.42 Å². The van der Waals surface area contributed by atoms with Gasteiger partial charge in [-0.05, 0) is 19.4 Å².